The van der Waals surface area contributed by atoms with Crippen LogP contribution in [0, 0.1) is 0 Å². The van der Waals surface area contributed by atoms with Crippen LogP contribution in [0.5, 0.6) is 0 Å². The zero-order chi connectivity index (χ0) is 16.2. The average molecular weight is 315 g/mol. The topological polar surface area (TPSA) is 110 Å². The lowest BCUT2D eigenvalue weighted by atomic mass is 9.99. The molecule has 0 unspecified atom stereocenters. The molecule has 3 aromatic rings. The standard InChI is InChI=1S/C15H17N5O3/c1-3-9(4-2)11-7-12(23-20-11)14(21)17-15-16-13(18-19-15)10-5-6-22-8-10/h5-9H,3-4H2,1-2H3,(H2,16,17,18,19,21). The highest BCUT2D eigenvalue weighted by atomic mass is 16.5. The number of furan rings is 1. The molecular weight excluding hydrogens is 298 g/mol. The molecule has 120 valence electrons. The lowest BCUT2D eigenvalue weighted by Gasteiger charge is -2.05. The van der Waals surface area contributed by atoms with Gasteiger partial charge in [0.25, 0.3) is 5.91 Å². The first kappa shape index (κ1) is 15.0. The largest absolute Gasteiger partial charge is 0.472 e. The second-order valence-electron chi connectivity index (χ2n) is 5.10. The van der Waals surface area contributed by atoms with Crippen molar-refractivity contribution in [3.8, 4) is 11.4 Å². The minimum Gasteiger partial charge on any atom is -0.472 e. The Hall–Kier alpha value is -2.90. The summed E-state index contributed by atoms with van der Waals surface area (Å²) in [6.45, 7) is 4.15. The molecule has 1 amide bonds. The number of carbonyl (C=O) groups excluding carboxylic acids is 1. The second kappa shape index (κ2) is 6.47. The predicted octanol–water partition coefficient (Wildman–Crippen LogP) is 3.21. The maximum atomic E-state index is 12.2. The molecule has 8 nitrogen and oxygen atoms in total. The van der Waals surface area contributed by atoms with Crippen LogP contribution in [0.15, 0.2) is 33.6 Å². The zero-order valence-corrected chi connectivity index (χ0v) is 12.9. The van der Waals surface area contributed by atoms with E-state index in [9.17, 15) is 4.79 Å². The Kier molecular flexibility index (Phi) is 4.22. The monoisotopic (exact) mass is 315 g/mol. The molecule has 0 saturated heterocycles. The number of hydrogen-bond acceptors (Lipinski definition) is 6. The van der Waals surface area contributed by atoms with E-state index in [1.807, 2.05) is 0 Å². The molecule has 0 spiro atoms. The molecule has 0 aliphatic carbocycles. The van der Waals surface area contributed by atoms with Crippen LogP contribution in [-0.4, -0.2) is 26.2 Å². The van der Waals surface area contributed by atoms with Crippen LogP contribution in [0.2, 0.25) is 0 Å². The van der Waals surface area contributed by atoms with E-state index in [2.05, 4.69) is 39.5 Å². The Morgan fingerprint density at radius 3 is 2.91 bits per heavy atom. The number of amides is 1. The maximum Gasteiger partial charge on any atom is 0.296 e. The Morgan fingerprint density at radius 2 is 2.22 bits per heavy atom. The summed E-state index contributed by atoms with van der Waals surface area (Å²) in [4.78, 5) is 16.3. The number of carbonyl (C=O) groups is 1. The Bertz CT molecular complexity index is 771. The molecule has 0 atom stereocenters. The number of aromatic nitrogens is 4. The van der Waals surface area contributed by atoms with Crippen LogP contribution >= 0.6 is 0 Å². The van der Waals surface area contributed by atoms with Gasteiger partial charge in [0, 0.05) is 12.0 Å². The van der Waals surface area contributed by atoms with Gasteiger partial charge in [-0.1, -0.05) is 19.0 Å². The fraction of sp³-hybridized carbons (Fsp3) is 0.333. The molecule has 2 N–H and O–H groups in total. The normalized spacial score (nSPS) is 11.1. The summed E-state index contributed by atoms with van der Waals surface area (Å²) in [6.07, 6.45) is 4.95. The first-order chi connectivity index (χ1) is 11.2. The zero-order valence-electron chi connectivity index (χ0n) is 12.9. The van der Waals surface area contributed by atoms with E-state index in [0.29, 0.717) is 5.82 Å². The van der Waals surface area contributed by atoms with E-state index < -0.39 is 5.91 Å². The number of rotatable bonds is 6. The molecule has 0 radical (unpaired) electrons. The van der Waals surface area contributed by atoms with E-state index in [-0.39, 0.29) is 17.6 Å². The minimum atomic E-state index is -0.438. The Balaban J connectivity index is 1.70. The van der Waals surface area contributed by atoms with Crippen LogP contribution in [0.1, 0.15) is 48.9 Å². The van der Waals surface area contributed by atoms with Crippen molar-refractivity contribution in [2.24, 2.45) is 0 Å². The van der Waals surface area contributed by atoms with Crippen LogP contribution in [-0.2, 0) is 0 Å². The van der Waals surface area contributed by atoms with Crippen LogP contribution in [0.25, 0.3) is 11.4 Å². The molecule has 0 bridgehead atoms. The van der Waals surface area contributed by atoms with Gasteiger partial charge in [0.2, 0.25) is 11.7 Å². The van der Waals surface area contributed by atoms with Crippen molar-refractivity contribution in [3.05, 3.63) is 36.1 Å². The third kappa shape index (κ3) is 3.15. The van der Waals surface area contributed by atoms with Gasteiger partial charge in [-0.15, -0.1) is 5.10 Å². The van der Waals surface area contributed by atoms with Gasteiger partial charge in [-0.05, 0) is 18.9 Å². The van der Waals surface area contributed by atoms with Crippen molar-refractivity contribution >= 4 is 11.9 Å². The first-order valence-corrected chi connectivity index (χ1v) is 7.44. The molecule has 0 aliphatic heterocycles. The van der Waals surface area contributed by atoms with Gasteiger partial charge in [-0.2, -0.15) is 4.98 Å². The van der Waals surface area contributed by atoms with E-state index >= 15 is 0 Å². The highest BCUT2D eigenvalue weighted by Crippen LogP contribution is 2.23. The van der Waals surface area contributed by atoms with Crippen molar-refractivity contribution in [2.75, 3.05) is 5.32 Å². The number of aromatic amines is 1. The summed E-state index contributed by atoms with van der Waals surface area (Å²) in [6, 6.07) is 3.40. The van der Waals surface area contributed by atoms with Crippen LogP contribution < -0.4 is 5.32 Å². The highest BCUT2D eigenvalue weighted by molar-refractivity contribution is 6.01. The lowest BCUT2D eigenvalue weighted by molar-refractivity contribution is 0.0987. The summed E-state index contributed by atoms with van der Waals surface area (Å²) in [5.41, 5.74) is 1.53. The smallest absolute Gasteiger partial charge is 0.296 e. The lowest BCUT2D eigenvalue weighted by Crippen LogP contribution is -2.12. The fourth-order valence-electron chi connectivity index (χ4n) is 2.30. The third-order valence-electron chi connectivity index (χ3n) is 3.66. The number of H-pyrrole nitrogens is 1. The van der Waals surface area contributed by atoms with Crippen molar-refractivity contribution in [2.45, 2.75) is 32.6 Å². The summed E-state index contributed by atoms with van der Waals surface area (Å²) >= 11 is 0. The van der Waals surface area contributed by atoms with Gasteiger partial charge < -0.3 is 8.94 Å². The van der Waals surface area contributed by atoms with E-state index in [0.717, 1.165) is 24.1 Å². The van der Waals surface area contributed by atoms with E-state index in [1.54, 1.807) is 12.1 Å². The quantitative estimate of drug-likeness (QED) is 0.722. The number of hydrogen-bond donors (Lipinski definition) is 2. The first-order valence-electron chi connectivity index (χ1n) is 7.44. The van der Waals surface area contributed by atoms with Crippen molar-refractivity contribution in [1.82, 2.24) is 20.3 Å². The number of nitrogens with zero attached hydrogens (tertiary/aromatic N) is 3. The van der Waals surface area contributed by atoms with Gasteiger partial charge in [0.1, 0.15) is 6.26 Å². The molecular formula is C15H17N5O3. The fourth-order valence-corrected chi connectivity index (χ4v) is 2.30. The molecule has 0 aromatic carbocycles. The van der Waals surface area contributed by atoms with Gasteiger partial charge in [0.15, 0.2) is 5.82 Å². The van der Waals surface area contributed by atoms with Gasteiger partial charge in [-0.25, -0.2) is 0 Å². The Labute approximate surface area is 132 Å². The second-order valence-corrected chi connectivity index (χ2v) is 5.10. The molecule has 0 aliphatic rings. The maximum absolute atomic E-state index is 12.2. The molecule has 3 heterocycles. The van der Waals surface area contributed by atoms with Gasteiger partial charge in [-0.3, -0.25) is 15.2 Å². The third-order valence-corrected chi connectivity index (χ3v) is 3.66. The summed E-state index contributed by atoms with van der Waals surface area (Å²) < 4.78 is 10.1. The van der Waals surface area contributed by atoms with Gasteiger partial charge in [0.05, 0.1) is 17.5 Å². The molecule has 0 saturated carbocycles. The van der Waals surface area contributed by atoms with Crippen molar-refractivity contribution < 1.29 is 13.7 Å². The number of anilines is 1. The Morgan fingerprint density at radius 1 is 1.39 bits per heavy atom. The van der Waals surface area contributed by atoms with E-state index in [1.165, 1.54) is 12.5 Å². The summed E-state index contributed by atoms with van der Waals surface area (Å²) in [7, 11) is 0. The molecule has 23 heavy (non-hydrogen) atoms. The van der Waals surface area contributed by atoms with Gasteiger partial charge >= 0.3 is 0 Å². The average Bonchev–Trinajstić information content (AvgIpc) is 3.29. The van der Waals surface area contributed by atoms with Crippen LogP contribution in [0.4, 0.5) is 5.95 Å². The SMILES string of the molecule is CCC(CC)c1cc(C(=O)Nc2n[nH]c(-c3ccoc3)n2)on1. The van der Waals surface area contributed by atoms with Crippen LogP contribution in [0.3, 0.4) is 0 Å². The number of nitrogens with one attached hydrogen (secondary N) is 2. The molecule has 3 aromatic heterocycles. The summed E-state index contributed by atoms with van der Waals surface area (Å²) in [5.74, 6) is 0.654. The van der Waals surface area contributed by atoms with E-state index in [4.69, 9.17) is 8.94 Å². The highest BCUT2D eigenvalue weighted by Gasteiger charge is 2.19. The molecule has 3 rings (SSSR count). The predicted molar refractivity (Wildman–Crippen MR) is 81.9 cm³/mol. The molecule has 8 heteroatoms. The minimum absolute atomic E-state index is 0.140. The molecule has 0 fully saturated rings. The summed E-state index contributed by atoms with van der Waals surface area (Å²) in [5, 5.41) is 13.2. The van der Waals surface area contributed by atoms with Crippen molar-refractivity contribution in [3.63, 3.8) is 0 Å². The van der Waals surface area contributed by atoms with Crippen molar-refractivity contribution in [1.29, 1.82) is 0 Å².